The summed E-state index contributed by atoms with van der Waals surface area (Å²) in [4.78, 5) is 13.3. The van der Waals surface area contributed by atoms with E-state index in [-0.39, 0.29) is 5.91 Å². The molecule has 0 atom stereocenters. The van der Waals surface area contributed by atoms with Crippen LogP contribution in [0.1, 0.15) is 15.9 Å². The third-order valence-corrected chi connectivity index (χ3v) is 5.37. The van der Waals surface area contributed by atoms with Crippen molar-refractivity contribution in [2.45, 2.75) is 0 Å². The SMILES string of the molecule is COc1ccc(-c2cc(NC(=O)c3ccccc3-c3ccccc3C#N)ccc2OC)cc1. The minimum Gasteiger partial charge on any atom is -0.497 e. The van der Waals surface area contributed by atoms with Crippen LogP contribution < -0.4 is 14.8 Å². The van der Waals surface area contributed by atoms with Crippen molar-refractivity contribution >= 4 is 11.6 Å². The Morgan fingerprint density at radius 3 is 2.18 bits per heavy atom. The van der Waals surface area contributed by atoms with E-state index in [4.69, 9.17) is 9.47 Å². The number of carbonyl (C=O) groups is 1. The number of nitrogens with one attached hydrogen (secondary N) is 1. The van der Waals surface area contributed by atoms with Crippen molar-refractivity contribution in [3.8, 4) is 39.8 Å². The average molecular weight is 434 g/mol. The van der Waals surface area contributed by atoms with E-state index in [0.717, 1.165) is 22.4 Å². The highest BCUT2D eigenvalue weighted by atomic mass is 16.5. The van der Waals surface area contributed by atoms with E-state index < -0.39 is 0 Å². The van der Waals surface area contributed by atoms with Gasteiger partial charge in [-0.2, -0.15) is 5.26 Å². The summed E-state index contributed by atoms with van der Waals surface area (Å²) in [5, 5.41) is 12.5. The number of nitrogens with zero attached hydrogens (tertiary/aromatic N) is 1. The van der Waals surface area contributed by atoms with E-state index in [2.05, 4.69) is 11.4 Å². The first-order valence-corrected chi connectivity index (χ1v) is 10.4. The second-order valence-electron chi connectivity index (χ2n) is 7.30. The first-order chi connectivity index (χ1) is 16.1. The monoisotopic (exact) mass is 434 g/mol. The Morgan fingerprint density at radius 2 is 1.48 bits per heavy atom. The molecule has 0 fully saturated rings. The molecule has 1 amide bonds. The summed E-state index contributed by atoms with van der Waals surface area (Å²) < 4.78 is 10.8. The topological polar surface area (TPSA) is 71.3 Å². The number of carbonyl (C=O) groups excluding carboxylic acids is 1. The molecule has 0 aliphatic heterocycles. The largest absolute Gasteiger partial charge is 0.497 e. The minimum atomic E-state index is -0.260. The van der Waals surface area contributed by atoms with Crippen molar-refractivity contribution < 1.29 is 14.3 Å². The van der Waals surface area contributed by atoms with Crippen LogP contribution in [0.15, 0.2) is 91.0 Å². The first-order valence-electron chi connectivity index (χ1n) is 10.4. The van der Waals surface area contributed by atoms with E-state index in [1.165, 1.54) is 0 Å². The highest BCUT2D eigenvalue weighted by molar-refractivity contribution is 6.09. The summed E-state index contributed by atoms with van der Waals surface area (Å²) in [5.41, 5.74) is 4.85. The van der Waals surface area contributed by atoms with Gasteiger partial charge in [-0.15, -0.1) is 0 Å². The smallest absolute Gasteiger partial charge is 0.256 e. The molecule has 0 aliphatic rings. The standard InChI is InChI=1S/C28H22N2O3/c1-32-22-14-11-19(12-15-22)26-17-21(13-16-27(26)33-2)30-28(31)25-10-6-5-9-24(25)23-8-4-3-7-20(23)18-29/h3-17H,1-2H3,(H,30,31). The molecule has 4 aromatic rings. The molecule has 0 saturated carbocycles. The molecule has 1 N–H and O–H groups in total. The maximum absolute atomic E-state index is 13.3. The van der Waals surface area contributed by atoms with Crippen molar-refractivity contribution in [1.29, 1.82) is 5.26 Å². The molecule has 0 saturated heterocycles. The fourth-order valence-electron chi connectivity index (χ4n) is 3.71. The number of ether oxygens (including phenoxy) is 2. The molecule has 0 spiro atoms. The fourth-order valence-corrected chi connectivity index (χ4v) is 3.71. The molecule has 0 aliphatic carbocycles. The van der Waals surface area contributed by atoms with Crippen molar-refractivity contribution in [3.63, 3.8) is 0 Å². The van der Waals surface area contributed by atoms with Crippen LogP contribution in [0.2, 0.25) is 0 Å². The lowest BCUT2D eigenvalue weighted by atomic mass is 9.95. The average Bonchev–Trinajstić information content (AvgIpc) is 2.88. The number of hydrogen-bond acceptors (Lipinski definition) is 4. The quantitative estimate of drug-likeness (QED) is 0.394. The Balaban J connectivity index is 1.68. The molecular weight excluding hydrogens is 412 g/mol. The Kier molecular flexibility index (Phi) is 6.38. The Bertz CT molecular complexity index is 1340. The van der Waals surface area contributed by atoms with Crippen LogP contribution in [-0.4, -0.2) is 20.1 Å². The maximum Gasteiger partial charge on any atom is 0.256 e. The number of nitriles is 1. The van der Waals surface area contributed by atoms with Crippen molar-refractivity contribution in [2.75, 3.05) is 19.5 Å². The Labute approximate surface area is 192 Å². The van der Waals surface area contributed by atoms with Crippen LogP contribution in [0.4, 0.5) is 5.69 Å². The maximum atomic E-state index is 13.3. The molecule has 5 nitrogen and oxygen atoms in total. The van der Waals surface area contributed by atoms with Gasteiger partial charge in [-0.3, -0.25) is 4.79 Å². The van der Waals surface area contributed by atoms with Crippen LogP contribution in [0, 0.1) is 11.3 Å². The zero-order valence-corrected chi connectivity index (χ0v) is 18.3. The number of hydrogen-bond donors (Lipinski definition) is 1. The molecule has 4 rings (SSSR count). The highest BCUT2D eigenvalue weighted by Crippen LogP contribution is 2.34. The van der Waals surface area contributed by atoms with Crippen LogP contribution in [0.5, 0.6) is 11.5 Å². The van der Waals surface area contributed by atoms with Gasteiger partial charge in [-0.05, 0) is 53.6 Å². The highest BCUT2D eigenvalue weighted by Gasteiger charge is 2.16. The van der Waals surface area contributed by atoms with Gasteiger partial charge in [0.05, 0.1) is 25.9 Å². The van der Waals surface area contributed by atoms with E-state index in [9.17, 15) is 10.1 Å². The molecule has 162 valence electrons. The molecule has 0 bridgehead atoms. The predicted octanol–water partition coefficient (Wildman–Crippen LogP) is 6.16. The third-order valence-electron chi connectivity index (χ3n) is 5.37. The van der Waals surface area contributed by atoms with Gasteiger partial charge in [0.1, 0.15) is 11.5 Å². The molecule has 0 unspecified atom stereocenters. The Morgan fingerprint density at radius 1 is 0.788 bits per heavy atom. The van der Waals surface area contributed by atoms with Crippen molar-refractivity contribution in [1.82, 2.24) is 0 Å². The van der Waals surface area contributed by atoms with Gasteiger partial charge in [-0.1, -0.05) is 48.5 Å². The number of rotatable bonds is 6. The lowest BCUT2D eigenvalue weighted by molar-refractivity contribution is 0.102. The second-order valence-corrected chi connectivity index (χ2v) is 7.30. The van der Waals surface area contributed by atoms with Gasteiger partial charge < -0.3 is 14.8 Å². The summed E-state index contributed by atoms with van der Waals surface area (Å²) in [5.74, 6) is 1.20. The van der Waals surface area contributed by atoms with Crippen LogP contribution in [0.25, 0.3) is 22.3 Å². The lowest BCUT2D eigenvalue weighted by Crippen LogP contribution is -2.13. The normalized spacial score (nSPS) is 10.2. The van der Waals surface area contributed by atoms with Gasteiger partial charge in [0.2, 0.25) is 0 Å². The summed E-state index contributed by atoms with van der Waals surface area (Å²) in [6, 6.07) is 29.9. The van der Waals surface area contributed by atoms with Gasteiger partial charge in [-0.25, -0.2) is 0 Å². The van der Waals surface area contributed by atoms with Gasteiger partial charge in [0.15, 0.2) is 0 Å². The van der Waals surface area contributed by atoms with Gasteiger partial charge in [0.25, 0.3) is 5.91 Å². The summed E-state index contributed by atoms with van der Waals surface area (Å²) in [7, 11) is 3.24. The van der Waals surface area contributed by atoms with Gasteiger partial charge >= 0.3 is 0 Å². The molecule has 4 aromatic carbocycles. The Hall–Kier alpha value is -4.56. The van der Waals surface area contributed by atoms with Crippen molar-refractivity contribution in [2.24, 2.45) is 0 Å². The molecular formula is C28H22N2O3. The van der Waals surface area contributed by atoms with Crippen molar-refractivity contribution in [3.05, 3.63) is 102 Å². The molecule has 0 heterocycles. The molecule has 0 aromatic heterocycles. The van der Waals surface area contributed by atoms with Crippen LogP contribution in [-0.2, 0) is 0 Å². The predicted molar refractivity (Wildman–Crippen MR) is 130 cm³/mol. The number of methoxy groups -OCH3 is 2. The number of amides is 1. The van der Waals surface area contributed by atoms with Gasteiger partial charge in [0, 0.05) is 22.4 Å². The molecule has 0 radical (unpaired) electrons. The third kappa shape index (κ3) is 4.56. The van der Waals surface area contributed by atoms with Crippen LogP contribution >= 0.6 is 0 Å². The van der Waals surface area contributed by atoms with E-state index in [1.54, 1.807) is 32.4 Å². The zero-order chi connectivity index (χ0) is 23.2. The number of benzene rings is 4. The van der Waals surface area contributed by atoms with E-state index in [1.807, 2.05) is 72.8 Å². The molecule has 33 heavy (non-hydrogen) atoms. The summed E-state index contributed by atoms with van der Waals surface area (Å²) in [6.45, 7) is 0. The fraction of sp³-hybridized carbons (Fsp3) is 0.0714. The summed E-state index contributed by atoms with van der Waals surface area (Å²) in [6.07, 6.45) is 0. The van der Waals surface area contributed by atoms with Crippen LogP contribution in [0.3, 0.4) is 0 Å². The second kappa shape index (κ2) is 9.71. The van der Waals surface area contributed by atoms with E-state index >= 15 is 0 Å². The molecule has 5 heteroatoms. The van der Waals surface area contributed by atoms with E-state index in [0.29, 0.717) is 28.1 Å². The first kappa shape index (κ1) is 21.7. The number of anilines is 1. The lowest BCUT2D eigenvalue weighted by Gasteiger charge is -2.14. The minimum absolute atomic E-state index is 0.260. The summed E-state index contributed by atoms with van der Waals surface area (Å²) >= 11 is 0. The zero-order valence-electron chi connectivity index (χ0n) is 18.3.